The number of hydrogen-bond donors (Lipinski definition) is 2. The number of hydrogen-bond acceptors (Lipinski definition) is 3. The molecule has 0 aromatic carbocycles. The van der Waals surface area contributed by atoms with E-state index in [0.717, 1.165) is 10.9 Å². The lowest BCUT2D eigenvalue weighted by Crippen LogP contribution is -2.43. The second kappa shape index (κ2) is 7.22. The Morgan fingerprint density at radius 1 is 1.19 bits per heavy atom. The molecule has 0 aliphatic rings. The molecule has 0 aromatic rings. The van der Waals surface area contributed by atoms with Crippen molar-refractivity contribution in [3.63, 3.8) is 0 Å². The summed E-state index contributed by atoms with van der Waals surface area (Å²) in [7, 11) is 6.11. The highest BCUT2D eigenvalue weighted by molar-refractivity contribution is 4.61. The standard InChI is InChI=1S/C12H28NO3/c1-6-12(7-10(2)14)16-9-11(15)8-13(3,4)5/h10-12,14-15H,6-9H2,1-5H3/q+1. The highest BCUT2D eigenvalue weighted by Crippen LogP contribution is 2.08. The molecule has 0 saturated carbocycles. The van der Waals surface area contributed by atoms with Crippen LogP contribution < -0.4 is 0 Å². The summed E-state index contributed by atoms with van der Waals surface area (Å²) in [5, 5.41) is 19.0. The molecule has 0 aromatic heterocycles. The minimum Gasteiger partial charge on any atom is -0.393 e. The molecule has 0 radical (unpaired) electrons. The third kappa shape index (κ3) is 9.09. The molecule has 0 aliphatic carbocycles. The Hall–Kier alpha value is -0.160. The summed E-state index contributed by atoms with van der Waals surface area (Å²) in [6.07, 6.45) is 0.751. The zero-order chi connectivity index (χ0) is 12.8. The molecule has 3 unspecified atom stereocenters. The van der Waals surface area contributed by atoms with Gasteiger partial charge in [0.25, 0.3) is 0 Å². The van der Waals surface area contributed by atoms with E-state index in [-0.39, 0.29) is 12.2 Å². The molecule has 4 heteroatoms. The lowest BCUT2D eigenvalue weighted by Gasteiger charge is -2.27. The number of aliphatic hydroxyl groups is 2. The molecular weight excluding hydrogens is 206 g/mol. The normalized spacial score (nSPS) is 18.2. The molecule has 0 rings (SSSR count). The first kappa shape index (κ1) is 15.8. The summed E-state index contributed by atoms with van der Waals surface area (Å²) in [6.45, 7) is 4.81. The van der Waals surface area contributed by atoms with Crippen molar-refractivity contribution >= 4 is 0 Å². The van der Waals surface area contributed by atoms with Crippen molar-refractivity contribution in [2.75, 3.05) is 34.3 Å². The monoisotopic (exact) mass is 234 g/mol. The average molecular weight is 234 g/mol. The fourth-order valence-corrected chi connectivity index (χ4v) is 1.67. The summed E-state index contributed by atoms with van der Waals surface area (Å²) >= 11 is 0. The molecule has 16 heavy (non-hydrogen) atoms. The van der Waals surface area contributed by atoms with Gasteiger partial charge in [0, 0.05) is 0 Å². The van der Waals surface area contributed by atoms with Crippen molar-refractivity contribution < 1.29 is 19.4 Å². The molecule has 0 saturated heterocycles. The van der Waals surface area contributed by atoms with Crippen molar-refractivity contribution in [1.82, 2.24) is 0 Å². The van der Waals surface area contributed by atoms with Crippen molar-refractivity contribution in [3.8, 4) is 0 Å². The van der Waals surface area contributed by atoms with Crippen LogP contribution in [0.1, 0.15) is 26.7 Å². The average Bonchev–Trinajstić information content (AvgIpc) is 2.08. The summed E-state index contributed by atoms with van der Waals surface area (Å²) < 4.78 is 6.31. The van der Waals surface area contributed by atoms with Gasteiger partial charge in [0.1, 0.15) is 12.6 Å². The third-order valence-electron chi connectivity index (χ3n) is 2.34. The second-order valence-electron chi connectivity index (χ2n) is 5.58. The van der Waals surface area contributed by atoms with Gasteiger partial charge in [-0.05, 0) is 19.8 Å². The van der Waals surface area contributed by atoms with Gasteiger partial charge < -0.3 is 19.4 Å². The minimum absolute atomic E-state index is 0.0436. The van der Waals surface area contributed by atoms with E-state index in [1.165, 1.54) is 0 Å². The van der Waals surface area contributed by atoms with Crippen LogP contribution in [0.15, 0.2) is 0 Å². The number of quaternary nitrogens is 1. The Balaban J connectivity index is 3.83. The maximum atomic E-state index is 9.76. The topological polar surface area (TPSA) is 49.7 Å². The molecule has 0 spiro atoms. The molecular formula is C12H28NO3+. The first-order valence-corrected chi connectivity index (χ1v) is 6.02. The molecule has 2 N–H and O–H groups in total. The third-order valence-corrected chi connectivity index (χ3v) is 2.34. The van der Waals surface area contributed by atoms with Crippen molar-refractivity contribution in [1.29, 1.82) is 0 Å². The van der Waals surface area contributed by atoms with Crippen LogP contribution in [0.25, 0.3) is 0 Å². The summed E-state index contributed by atoms with van der Waals surface area (Å²) in [6, 6.07) is 0. The molecule has 0 amide bonds. The molecule has 0 aliphatic heterocycles. The van der Waals surface area contributed by atoms with Crippen LogP contribution in [0.2, 0.25) is 0 Å². The quantitative estimate of drug-likeness (QED) is 0.605. The predicted octanol–water partition coefficient (Wildman–Crippen LogP) is 0.620. The van der Waals surface area contributed by atoms with Crippen LogP contribution in [0.4, 0.5) is 0 Å². The molecule has 0 heterocycles. The Morgan fingerprint density at radius 2 is 1.75 bits per heavy atom. The highest BCUT2D eigenvalue weighted by atomic mass is 16.5. The Labute approximate surface area is 99.4 Å². The van der Waals surface area contributed by atoms with Crippen LogP contribution in [-0.2, 0) is 4.74 Å². The zero-order valence-electron chi connectivity index (χ0n) is 11.3. The van der Waals surface area contributed by atoms with Gasteiger partial charge in [-0.2, -0.15) is 0 Å². The van der Waals surface area contributed by atoms with E-state index in [2.05, 4.69) is 0 Å². The minimum atomic E-state index is -0.442. The zero-order valence-corrected chi connectivity index (χ0v) is 11.3. The lowest BCUT2D eigenvalue weighted by molar-refractivity contribution is -0.873. The SMILES string of the molecule is CCC(CC(C)O)OCC(O)C[N+](C)(C)C. The van der Waals surface area contributed by atoms with Crippen LogP contribution in [0.5, 0.6) is 0 Å². The van der Waals surface area contributed by atoms with Gasteiger partial charge in [-0.15, -0.1) is 0 Å². The summed E-state index contributed by atoms with van der Waals surface area (Å²) in [4.78, 5) is 0. The van der Waals surface area contributed by atoms with E-state index in [0.29, 0.717) is 19.6 Å². The van der Waals surface area contributed by atoms with E-state index >= 15 is 0 Å². The van der Waals surface area contributed by atoms with Crippen molar-refractivity contribution in [2.24, 2.45) is 0 Å². The maximum absolute atomic E-state index is 9.76. The highest BCUT2D eigenvalue weighted by Gasteiger charge is 2.18. The van der Waals surface area contributed by atoms with E-state index in [1.807, 2.05) is 28.1 Å². The molecule has 3 atom stereocenters. The Bertz CT molecular complexity index is 178. The predicted molar refractivity (Wildman–Crippen MR) is 65.2 cm³/mol. The molecule has 98 valence electrons. The van der Waals surface area contributed by atoms with Gasteiger partial charge in [0.05, 0.1) is 40.0 Å². The summed E-state index contributed by atoms with van der Waals surface area (Å²) in [5.41, 5.74) is 0. The Kier molecular flexibility index (Phi) is 7.15. The number of likely N-dealkylation sites (N-methyl/N-ethyl adjacent to an activating group) is 1. The number of aliphatic hydroxyl groups excluding tert-OH is 2. The number of ether oxygens (including phenoxy) is 1. The van der Waals surface area contributed by atoms with E-state index in [4.69, 9.17) is 4.74 Å². The number of nitrogens with zero attached hydrogens (tertiary/aromatic N) is 1. The molecule has 4 nitrogen and oxygen atoms in total. The Morgan fingerprint density at radius 3 is 2.12 bits per heavy atom. The largest absolute Gasteiger partial charge is 0.393 e. The fraction of sp³-hybridized carbons (Fsp3) is 1.00. The van der Waals surface area contributed by atoms with Crippen LogP contribution >= 0.6 is 0 Å². The van der Waals surface area contributed by atoms with E-state index in [9.17, 15) is 10.2 Å². The number of rotatable bonds is 8. The fourth-order valence-electron chi connectivity index (χ4n) is 1.67. The maximum Gasteiger partial charge on any atom is 0.126 e. The molecule has 0 fully saturated rings. The van der Waals surface area contributed by atoms with Crippen LogP contribution in [0.3, 0.4) is 0 Å². The smallest absolute Gasteiger partial charge is 0.126 e. The van der Waals surface area contributed by atoms with Gasteiger partial charge in [-0.25, -0.2) is 0 Å². The van der Waals surface area contributed by atoms with Gasteiger partial charge in [0.2, 0.25) is 0 Å². The van der Waals surface area contributed by atoms with Crippen molar-refractivity contribution in [3.05, 3.63) is 0 Å². The van der Waals surface area contributed by atoms with Crippen LogP contribution in [-0.4, -0.2) is 67.3 Å². The van der Waals surface area contributed by atoms with Gasteiger partial charge >= 0.3 is 0 Å². The van der Waals surface area contributed by atoms with E-state index < -0.39 is 6.10 Å². The first-order valence-electron chi connectivity index (χ1n) is 6.02. The van der Waals surface area contributed by atoms with E-state index in [1.54, 1.807) is 6.92 Å². The van der Waals surface area contributed by atoms with Crippen molar-refractivity contribution in [2.45, 2.75) is 45.0 Å². The lowest BCUT2D eigenvalue weighted by atomic mass is 10.1. The van der Waals surface area contributed by atoms with Gasteiger partial charge in [-0.1, -0.05) is 6.92 Å². The van der Waals surface area contributed by atoms with Gasteiger partial charge in [0.15, 0.2) is 0 Å². The summed E-state index contributed by atoms with van der Waals surface area (Å²) in [5.74, 6) is 0. The second-order valence-corrected chi connectivity index (χ2v) is 5.58. The molecule has 0 bridgehead atoms. The van der Waals surface area contributed by atoms with Crippen LogP contribution in [0, 0.1) is 0 Å². The first-order chi connectivity index (χ1) is 7.24. The van der Waals surface area contributed by atoms with Gasteiger partial charge in [-0.3, -0.25) is 0 Å².